The van der Waals surface area contributed by atoms with Crippen LogP contribution in [0.4, 0.5) is 0 Å². The van der Waals surface area contributed by atoms with Gasteiger partial charge in [-0.25, -0.2) is 0 Å². The minimum absolute atomic E-state index is 0.0720. The molecule has 0 aromatic heterocycles. The minimum atomic E-state index is -4.53. The normalized spacial score (nSPS) is 31.3. The molecule has 3 aliphatic heterocycles. The van der Waals surface area contributed by atoms with Gasteiger partial charge in [-0.1, -0.05) is 72.8 Å². The van der Waals surface area contributed by atoms with Gasteiger partial charge in [0.1, 0.15) is 10.6 Å². The van der Waals surface area contributed by atoms with Gasteiger partial charge in [0.15, 0.2) is 12.2 Å². The maximum Gasteiger partial charge on any atom is 0.316 e. The summed E-state index contributed by atoms with van der Waals surface area (Å²) < 4.78 is 51.4. The summed E-state index contributed by atoms with van der Waals surface area (Å²) in [4.78, 5) is 40.6. The highest BCUT2D eigenvalue weighted by molar-refractivity contribution is 8.01. The predicted octanol–water partition coefficient (Wildman–Crippen LogP) is 4.86. The monoisotopic (exact) mass is 654 g/mol. The van der Waals surface area contributed by atoms with Crippen LogP contribution in [0.2, 0.25) is 0 Å². The summed E-state index contributed by atoms with van der Waals surface area (Å²) in [6, 6.07) is 25.3. The van der Waals surface area contributed by atoms with Crippen molar-refractivity contribution in [1.82, 2.24) is 0 Å². The highest BCUT2D eigenvalue weighted by atomic mass is 32.2. The van der Waals surface area contributed by atoms with Gasteiger partial charge < -0.3 is 14.2 Å². The molecule has 0 spiro atoms. The number of benzene rings is 4. The van der Waals surface area contributed by atoms with E-state index < -0.39 is 57.3 Å². The second-order valence-corrected chi connectivity index (χ2v) is 15.3. The zero-order valence-electron chi connectivity index (χ0n) is 24.0. The molecular weight excluding hydrogens is 629 g/mol. The van der Waals surface area contributed by atoms with Crippen molar-refractivity contribution in [2.75, 3.05) is 0 Å². The third-order valence-electron chi connectivity index (χ3n) is 10.4. The van der Waals surface area contributed by atoms with E-state index in [-0.39, 0.29) is 39.1 Å². The number of carbonyl (C=O) groups is 3. The number of ether oxygens (including phenoxy) is 3. The van der Waals surface area contributed by atoms with E-state index in [4.69, 9.17) is 14.2 Å². The fourth-order valence-electron chi connectivity index (χ4n) is 8.56. The summed E-state index contributed by atoms with van der Waals surface area (Å²) in [7, 11) is -4.53. The van der Waals surface area contributed by atoms with Gasteiger partial charge in [-0.2, -0.15) is 8.42 Å². The van der Waals surface area contributed by atoms with Gasteiger partial charge in [-0.05, 0) is 40.8 Å². The topological polar surface area (TPSA) is 133 Å². The van der Waals surface area contributed by atoms with Gasteiger partial charge in [0.05, 0.1) is 28.3 Å². The Bertz CT molecular complexity index is 2060. The van der Waals surface area contributed by atoms with Gasteiger partial charge in [0.25, 0.3) is 10.1 Å². The average molecular weight is 655 g/mol. The number of rotatable bonds is 5. The Balaban J connectivity index is 1.01. The van der Waals surface area contributed by atoms with Gasteiger partial charge in [0, 0.05) is 22.6 Å². The van der Waals surface area contributed by atoms with Crippen molar-refractivity contribution in [2.24, 2.45) is 17.8 Å². The Hall–Kier alpha value is -4.19. The molecule has 7 atom stereocenters. The van der Waals surface area contributed by atoms with Gasteiger partial charge in [-0.15, -0.1) is 11.8 Å². The Morgan fingerprint density at radius 2 is 1.43 bits per heavy atom. The molecule has 0 amide bonds. The van der Waals surface area contributed by atoms with Crippen molar-refractivity contribution < 1.29 is 41.6 Å². The molecule has 0 radical (unpaired) electrons. The molecule has 3 fully saturated rings. The first-order chi connectivity index (χ1) is 22.2. The second kappa shape index (κ2) is 9.90. The Labute approximate surface area is 268 Å². The molecule has 7 unspecified atom stereocenters. The van der Waals surface area contributed by atoms with E-state index in [1.807, 2.05) is 24.3 Å². The SMILES string of the molecule is O=C(OC1C2OC(=O)C3C2SC1C3C(=O)Oc1ccc(S(=O)(=O)O)c2ccccc12)C1CC2c3ccccc3C1c1ccccc12. The first-order valence-electron chi connectivity index (χ1n) is 15.2. The molecule has 46 heavy (non-hydrogen) atoms. The van der Waals surface area contributed by atoms with Crippen LogP contribution in [-0.2, 0) is 34.0 Å². The van der Waals surface area contributed by atoms with Gasteiger partial charge in [-0.3, -0.25) is 18.9 Å². The third kappa shape index (κ3) is 3.91. The van der Waals surface area contributed by atoms with E-state index in [1.165, 1.54) is 41.1 Å². The van der Waals surface area contributed by atoms with Crippen LogP contribution >= 0.6 is 11.8 Å². The maximum absolute atomic E-state index is 14.1. The van der Waals surface area contributed by atoms with Crippen LogP contribution in [0.5, 0.6) is 5.75 Å². The first-order valence-corrected chi connectivity index (χ1v) is 17.5. The molecule has 0 saturated carbocycles. The van der Waals surface area contributed by atoms with Gasteiger partial charge in [0.2, 0.25) is 0 Å². The lowest BCUT2D eigenvalue weighted by Gasteiger charge is -2.44. The summed E-state index contributed by atoms with van der Waals surface area (Å²) >= 11 is 1.42. The van der Waals surface area contributed by atoms with E-state index in [0.717, 1.165) is 11.1 Å². The summed E-state index contributed by atoms with van der Waals surface area (Å²) in [5, 5.41) is -0.401. The fourth-order valence-corrected chi connectivity index (χ4v) is 11.3. The first kappa shape index (κ1) is 28.1. The van der Waals surface area contributed by atoms with Crippen molar-refractivity contribution in [3.8, 4) is 5.75 Å². The van der Waals surface area contributed by atoms with E-state index >= 15 is 0 Å². The highest BCUT2D eigenvalue weighted by Gasteiger charge is 2.71. The smallest absolute Gasteiger partial charge is 0.316 e. The Morgan fingerprint density at radius 1 is 0.804 bits per heavy atom. The van der Waals surface area contributed by atoms with E-state index in [9.17, 15) is 27.4 Å². The van der Waals surface area contributed by atoms with E-state index in [1.54, 1.807) is 18.2 Å². The fraction of sp³-hybridized carbons (Fsp3) is 0.286. The third-order valence-corrected chi connectivity index (χ3v) is 13.0. The lowest BCUT2D eigenvalue weighted by atomic mass is 9.59. The van der Waals surface area contributed by atoms with Crippen molar-refractivity contribution in [2.45, 2.75) is 45.9 Å². The molecule has 9 nitrogen and oxygen atoms in total. The number of thioether (sulfide) groups is 1. The van der Waals surface area contributed by atoms with Crippen molar-refractivity contribution in [1.29, 1.82) is 0 Å². The molecule has 4 aromatic rings. The quantitative estimate of drug-likeness (QED) is 0.181. The zero-order valence-corrected chi connectivity index (χ0v) is 25.6. The lowest BCUT2D eigenvalue weighted by molar-refractivity contribution is -0.165. The number of hydrogen-bond acceptors (Lipinski definition) is 9. The molecule has 11 heteroatoms. The molecule has 4 bridgehead atoms. The summed E-state index contributed by atoms with van der Waals surface area (Å²) in [6.07, 6.45) is -0.848. The minimum Gasteiger partial charge on any atom is -0.457 e. The summed E-state index contributed by atoms with van der Waals surface area (Å²) in [5.41, 5.74) is 4.72. The Kier molecular flexibility index (Phi) is 6.04. The molecule has 3 saturated heterocycles. The van der Waals surface area contributed by atoms with E-state index in [0.29, 0.717) is 11.8 Å². The number of hydrogen-bond donors (Lipinski definition) is 1. The molecule has 1 N–H and O–H groups in total. The van der Waals surface area contributed by atoms with Crippen LogP contribution in [0.3, 0.4) is 0 Å². The number of fused-ring (bicyclic) bond motifs is 3. The largest absolute Gasteiger partial charge is 0.457 e. The molecule has 232 valence electrons. The van der Waals surface area contributed by atoms with Crippen molar-refractivity contribution in [3.63, 3.8) is 0 Å². The van der Waals surface area contributed by atoms with Crippen LogP contribution in [0.25, 0.3) is 10.8 Å². The van der Waals surface area contributed by atoms with Crippen LogP contribution in [0.1, 0.15) is 40.5 Å². The molecule has 4 aromatic carbocycles. The molecule has 3 heterocycles. The standard InChI is InChI=1S/C35H26O9S2/c36-33(23-15-22-16-7-1-5-11-20(16)26(23)21-12-6-2-8-17(21)22)43-29-30-32-28(35(38)44-30)27(31(29)45-32)34(37)42-24-13-14-25(46(39,40)41)19-10-4-3-9-18(19)24/h1-14,22-23,26-32H,15H2,(H,39,40,41). The van der Waals surface area contributed by atoms with Crippen LogP contribution in [-0.4, -0.2) is 53.6 Å². The predicted molar refractivity (Wildman–Crippen MR) is 166 cm³/mol. The highest BCUT2D eigenvalue weighted by Crippen LogP contribution is 2.60. The molecule has 10 rings (SSSR count). The summed E-state index contributed by atoms with van der Waals surface area (Å²) in [5.74, 6) is -3.66. The molecule has 3 aliphatic carbocycles. The van der Waals surface area contributed by atoms with Crippen LogP contribution in [0.15, 0.2) is 89.8 Å². The van der Waals surface area contributed by atoms with Crippen LogP contribution in [0, 0.1) is 17.8 Å². The molecular formula is C35H26O9S2. The van der Waals surface area contributed by atoms with Crippen molar-refractivity contribution >= 4 is 50.6 Å². The second-order valence-electron chi connectivity index (χ2n) is 12.6. The number of carbonyl (C=O) groups excluding carboxylic acids is 3. The van der Waals surface area contributed by atoms with Crippen LogP contribution < -0.4 is 4.74 Å². The average Bonchev–Trinajstić information content (AvgIpc) is 3.68. The maximum atomic E-state index is 14.1. The zero-order chi connectivity index (χ0) is 31.5. The van der Waals surface area contributed by atoms with Crippen molar-refractivity contribution in [3.05, 3.63) is 107 Å². The Morgan fingerprint density at radius 3 is 2.11 bits per heavy atom. The summed E-state index contributed by atoms with van der Waals surface area (Å²) in [6.45, 7) is 0. The van der Waals surface area contributed by atoms with E-state index in [2.05, 4.69) is 24.3 Å². The van der Waals surface area contributed by atoms with Gasteiger partial charge >= 0.3 is 17.9 Å². The lowest BCUT2D eigenvalue weighted by Crippen LogP contribution is -2.49. The molecule has 6 aliphatic rings. The number of esters is 3.